The van der Waals surface area contributed by atoms with Crippen molar-refractivity contribution in [3.05, 3.63) is 53.7 Å². The number of methoxy groups -OCH3 is 1. The third-order valence-corrected chi connectivity index (χ3v) is 3.70. The fraction of sp³-hybridized carbons (Fsp3) is 0.118. The quantitative estimate of drug-likeness (QED) is 0.713. The van der Waals surface area contributed by atoms with Gasteiger partial charge in [-0.2, -0.15) is 13.2 Å². The number of benzene rings is 2. The van der Waals surface area contributed by atoms with Crippen LogP contribution in [0.5, 0.6) is 5.75 Å². The lowest BCUT2D eigenvalue weighted by molar-refractivity contribution is -0.137. The maximum atomic E-state index is 12.7. The van der Waals surface area contributed by atoms with Gasteiger partial charge in [0.1, 0.15) is 5.75 Å². The normalized spacial score (nSPS) is 11.7. The van der Waals surface area contributed by atoms with Crippen molar-refractivity contribution in [2.75, 3.05) is 7.11 Å². The Morgan fingerprint density at radius 2 is 1.78 bits per heavy atom. The first-order valence-electron chi connectivity index (χ1n) is 6.76. The van der Waals surface area contributed by atoms with Crippen molar-refractivity contribution in [2.45, 2.75) is 6.18 Å². The smallest absolute Gasteiger partial charge is 0.416 e. The summed E-state index contributed by atoms with van der Waals surface area (Å²) in [4.78, 5) is 14.2. The predicted octanol–water partition coefficient (Wildman–Crippen LogP) is 4.67. The summed E-state index contributed by atoms with van der Waals surface area (Å²) in [5, 5.41) is 0.624. The van der Waals surface area contributed by atoms with Gasteiger partial charge in [-0.25, -0.2) is 0 Å². The van der Waals surface area contributed by atoms with Crippen LogP contribution < -0.4 is 4.74 Å². The van der Waals surface area contributed by atoms with Gasteiger partial charge in [0, 0.05) is 17.1 Å². The van der Waals surface area contributed by atoms with Crippen LogP contribution in [0.2, 0.25) is 0 Å². The Balaban J connectivity index is 2.20. The highest BCUT2D eigenvalue weighted by Gasteiger charge is 2.30. The standard InChI is InChI=1S/C17H12F3NO2/c1-23-14-7-6-13(15-11(9-22)8-21-16(14)15)10-2-4-12(5-3-10)17(18,19)20/h2-9,21H,1H3. The maximum absolute atomic E-state index is 12.7. The SMILES string of the molecule is COc1ccc(-c2ccc(C(F)(F)F)cc2)c2c(C=O)c[nH]c12. The Labute approximate surface area is 129 Å². The Hall–Kier alpha value is -2.76. The van der Waals surface area contributed by atoms with E-state index in [9.17, 15) is 18.0 Å². The number of hydrogen-bond donors (Lipinski definition) is 1. The number of aromatic nitrogens is 1. The zero-order chi connectivity index (χ0) is 16.6. The molecular formula is C17H12F3NO2. The van der Waals surface area contributed by atoms with Gasteiger partial charge in [-0.1, -0.05) is 12.1 Å². The monoisotopic (exact) mass is 319 g/mol. The highest BCUT2D eigenvalue weighted by Crippen LogP contribution is 2.37. The van der Waals surface area contributed by atoms with Crippen LogP contribution in [-0.2, 0) is 6.18 Å². The van der Waals surface area contributed by atoms with Crippen molar-refractivity contribution in [3.8, 4) is 16.9 Å². The third kappa shape index (κ3) is 2.56. The van der Waals surface area contributed by atoms with Gasteiger partial charge >= 0.3 is 6.18 Å². The first-order chi connectivity index (χ1) is 11.0. The summed E-state index contributed by atoms with van der Waals surface area (Å²) < 4.78 is 43.3. The molecular weight excluding hydrogens is 307 g/mol. The summed E-state index contributed by atoms with van der Waals surface area (Å²) in [6.45, 7) is 0. The molecule has 3 aromatic rings. The second-order valence-electron chi connectivity index (χ2n) is 5.00. The Morgan fingerprint density at radius 3 is 2.35 bits per heavy atom. The van der Waals surface area contributed by atoms with Crippen molar-refractivity contribution in [2.24, 2.45) is 0 Å². The van der Waals surface area contributed by atoms with Gasteiger partial charge in [0.15, 0.2) is 6.29 Å². The lowest BCUT2D eigenvalue weighted by atomic mass is 9.98. The minimum absolute atomic E-state index is 0.425. The van der Waals surface area contributed by atoms with E-state index in [2.05, 4.69) is 4.98 Å². The molecule has 118 valence electrons. The molecule has 0 amide bonds. The van der Waals surface area contributed by atoms with Crippen LogP contribution in [0.1, 0.15) is 15.9 Å². The molecule has 6 heteroatoms. The van der Waals surface area contributed by atoms with Gasteiger partial charge in [0.2, 0.25) is 0 Å². The van der Waals surface area contributed by atoms with E-state index in [0.29, 0.717) is 39.6 Å². The minimum Gasteiger partial charge on any atom is -0.495 e. The molecule has 23 heavy (non-hydrogen) atoms. The lowest BCUT2D eigenvalue weighted by Crippen LogP contribution is -2.04. The highest BCUT2D eigenvalue weighted by atomic mass is 19.4. The molecule has 0 saturated carbocycles. The first kappa shape index (κ1) is 15.1. The Bertz CT molecular complexity index is 864. The molecule has 0 bridgehead atoms. The molecule has 1 heterocycles. The van der Waals surface area contributed by atoms with Crippen LogP contribution in [0.3, 0.4) is 0 Å². The van der Waals surface area contributed by atoms with Gasteiger partial charge in [0.05, 0.1) is 18.2 Å². The number of fused-ring (bicyclic) bond motifs is 1. The third-order valence-electron chi connectivity index (χ3n) is 3.70. The molecule has 1 N–H and O–H groups in total. The van der Waals surface area contributed by atoms with Crippen LogP contribution >= 0.6 is 0 Å². The second-order valence-corrected chi connectivity index (χ2v) is 5.00. The van der Waals surface area contributed by atoms with E-state index in [4.69, 9.17) is 4.74 Å². The van der Waals surface area contributed by atoms with Gasteiger partial charge < -0.3 is 9.72 Å². The Morgan fingerprint density at radius 1 is 1.09 bits per heavy atom. The van der Waals surface area contributed by atoms with Crippen LogP contribution in [0.25, 0.3) is 22.0 Å². The molecule has 0 aliphatic heterocycles. The number of nitrogens with one attached hydrogen (secondary N) is 1. The zero-order valence-electron chi connectivity index (χ0n) is 12.1. The average Bonchev–Trinajstić information content (AvgIpc) is 2.97. The molecule has 0 aliphatic carbocycles. The lowest BCUT2D eigenvalue weighted by Gasteiger charge is -2.10. The van der Waals surface area contributed by atoms with Crippen molar-refractivity contribution in [3.63, 3.8) is 0 Å². The van der Waals surface area contributed by atoms with Crippen LogP contribution in [0.4, 0.5) is 13.2 Å². The van der Waals surface area contributed by atoms with Crippen molar-refractivity contribution in [1.29, 1.82) is 0 Å². The molecule has 2 aromatic carbocycles. The fourth-order valence-electron chi connectivity index (χ4n) is 2.59. The molecule has 0 saturated heterocycles. The van der Waals surface area contributed by atoms with E-state index >= 15 is 0 Å². The summed E-state index contributed by atoms with van der Waals surface area (Å²) in [6, 6.07) is 8.28. The van der Waals surface area contributed by atoms with E-state index in [1.807, 2.05) is 0 Å². The van der Waals surface area contributed by atoms with E-state index in [1.54, 1.807) is 18.3 Å². The Kier molecular flexibility index (Phi) is 3.60. The number of halogens is 3. The van der Waals surface area contributed by atoms with E-state index in [1.165, 1.54) is 19.2 Å². The number of aromatic amines is 1. The average molecular weight is 319 g/mol. The topological polar surface area (TPSA) is 42.1 Å². The van der Waals surface area contributed by atoms with E-state index in [0.717, 1.165) is 12.1 Å². The number of rotatable bonds is 3. The number of aldehydes is 1. The molecule has 0 spiro atoms. The summed E-state index contributed by atoms with van der Waals surface area (Å²) >= 11 is 0. The van der Waals surface area contributed by atoms with E-state index in [-0.39, 0.29) is 0 Å². The molecule has 0 aliphatic rings. The van der Waals surface area contributed by atoms with Crippen molar-refractivity contribution in [1.82, 2.24) is 4.98 Å². The van der Waals surface area contributed by atoms with Gasteiger partial charge in [-0.15, -0.1) is 0 Å². The molecule has 0 unspecified atom stereocenters. The van der Waals surface area contributed by atoms with Crippen LogP contribution in [0, 0.1) is 0 Å². The molecule has 0 atom stereocenters. The number of carbonyl (C=O) groups excluding carboxylic acids is 1. The van der Waals surface area contributed by atoms with Crippen LogP contribution in [-0.4, -0.2) is 18.4 Å². The highest BCUT2D eigenvalue weighted by molar-refractivity contribution is 6.07. The molecule has 3 rings (SSSR count). The number of carbonyl (C=O) groups is 1. The molecule has 3 nitrogen and oxygen atoms in total. The van der Waals surface area contributed by atoms with Crippen molar-refractivity contribution >= 4 is 17.2 Å². The number of alkyl halides is 3. The van der Waals surface area contributed by atoms with Gasteiger partial charge in [0.25, 0.3) is 0 Å². The molecule has 0 fully saturated rings. The van der Waals surface area contributed by atoms with Crippen molar-refractivity contribution < 1.29 is 22.7 Å². The van der Waals surface area contributed by atoms with Crippen LogP contribution in [0.15, 0.2) is 42.6 Å². The minimum atomic E-state index is -4.38. The maximum Gasteiger partial charge on any atom is 0.416 e. The largest absolute Gasteiger partial charge is 0.495 e. The summed E-state index contributed by atoms with van der Waals surface area (Å²) in [5.41, 5.74) is 1.60. The summed E-state index contributed by atoms with van der Waals surface area (Å²) in [7, 11) is 1.51. The number of hydrogen-bond acceptors (Lipinski definition) is 2. The molecule has 0 radical (unpaired) electrons. The fourth-order valence-corrected chi connectivity index (χ4v) is 2.59. The summed E-state index contributed by atoms with van der Waals surface area (Å²) in [6.07, 6.45) is -2.13. The summed E-state index contributed by atoms with van der Waals surface area (Å²) in [5.74, 6) is 0.559. The first-order valence-corrected chi connectivity index (χ1v) is 6.76. The molecule has 1 aromatic heterocycles. The zero-order valence-corrected chi connectivity index (χ0v) is 12.1. The predicted molar refractivity (Wildman–Crippen MR) is 80.7 cm³/mol. The van der Waals surface area contributed by atoms with Gasteiger partial charge in [-0.05, 0) is 35.4 Å². The van der Waals surface area contributed by atoms with E-state index < -0.39 is 11.7 Å². The number of ether oxygens (including phenoxy) is 1. The van der Waals surface area contributed by atoms with Gasteiger partial charge in [-0.3, -0.25) is 4.79 Å². The second kappa shape index (κ2) is 5.46. The number of H-pyrrole nitrogens is 1.